The molecular formula is C19H15N5O3. The first-order chi connectivity index (χ1) is 13.1. The van der Waals surface area contributed by atoms with Gasteiger partial charge in [-0.2, -0.15) is 0 Å². The second-order valence-electron chi connectivity index (χ2n) is 5.95. The normalized spacial score (nSPS) is 11.6. The number of aromatic hydroxyl groups is 1. The van der Waals surface area contributed by atoms with Crippen molar-refractivity contribution in [3.63, 3.8) is 0 Å². The van der Waals surface area contributed by atoms with Crippen LogP contribution in [-0.2, 0) is 6.42 Å². The van der Waals surface area contributed by atoms with Crippen LogP contribution >= 0.6 is 0 Å². The summed E-state index contributed by atoms with van der Waals surface area (Å²) in [6.07, 6.45) is 0.773. The van der Waals surface area contributed by atoms with E-state index in [0.29, 0.717) is 16.3 Å². The van der Waals surface area contributed by atoms with Crippen molar-refractivity contribution in [2.45, 2.75) is 13.3 Å². The average Bonchev–Trinajstić information content (AvgIpc) is 3.01. The maximum Gasteiger partial charge on any atom is 0.331 e. The summed E-state index contributed by atoms with van der Waals surface area (Å²) in [7, 11) is 0. The van der Waals surface area contributed by atoms with Gasteiger partial charge in [-0.25, -0.2) is 4.98 Å². The van der Waals surface area contributed by atoms with Gasteiger partial charge in [-0.15, -0.1) is 10.2 Å². The van der Waals surface area contributed by atoms with Crippen LogP contribution in [-0.4, -0.2) is 26.0 Å². The van der Waals surface area contributed by atoms with E-state index in [-0.39, 0.29) is 17.4 Å². The Morgan fingerprint density at radius 1 is 1.11 bits per heavy atom. The average molecular weight is 361 g/mol. The van der Waals surface area contributed by atoms with Gasteiger partial charge in [0.2, 0.25) is 11.7 Å². The smallest absolute Gasteiger partial charge is 0.331 e. The number of nitrogens with one attached hydrogen (secondary N) is 2. The van der Waals surface area contributed by atoms with Gasteiger partial charge < -0.3 is 15.1 Å². The van der Waals surface area contributed by atoms with Gasteiger partial charge in [-0.05, 0) is 24.1 Å². The number of hydrogen-bond donors (Lipinski definition) is 3. The first kappa shape index (κ1) is 16.6. The number of carbonyl (C=O) groups is 1. The van der Waals surface area contributed by atoms with Crippen LogP contribution in [0.25, 0.3) is 21.8 Å². The highest BCUT2D eigenvalue weighted by molar-refractivity contribution is 5.97. The van der Waals surface area contributed by atoms with Gasteiger partial charge in [0.1, 0.15) is 0 Å². The summed E-state index contributed by atoms with van der Waals surface area (Å²) in [6, 6.07) is 12.2. The quantitative estimate of drug-likeness (QED) is 0.482. The highest BCUT2D eigenvalue weighted by atomic mass is 16.3. The molecule has 0 aliphatic rings. The summed E-state index contributed by atoms with van der Waals surface area (Å²) >= 11 is 0. The molecule has 3 N–H and O–H groups in total. The lowest BCUT2D eigenvalue weighted by Crippen LogP contribution is -2.14. The van der Waals surface area contributed by atoms with E-state index in [9.17, 15) is 14.7 Å². The Balaban J connectivity index is 1.73. The number of aryl methyl sites for hydroxylation is 1. The van der Waals surface area contributed by atoms with E-state index in [1.807, 2.05) is 19.1 Å². The van der Waals surface area contributed by atoms with E-state index in [1.165, 1.54) is 0 Å². The number of nitrogens with zero attached hydrogens (tertiary/aromatic N) is 3. The number of hydrogen-bond acceptors (Lipinski definition) is 5. The topological polar surface area (TPSA) is 124 Å². The fourth-order valence-electron chi connectivity index (χ4n) is 2.98. The summed E-state index contributed by atoms with van der Waals surface area (Å²) < 4.78 is 0. The molecule has 0 atom stereocenters. The minimum atomic E-state index is -0.807. The Hall–Kier alpha value is -3.81. The second kappa shape index (κ2) is 6.49. The molecule has 2 aromatic carbocycles. The second-order valence-corrected chi connectivity index (χ2v) is 5.95. The molecule has 0 unspecified atom stereocenters. The lowest BCUT2D eigenvalue weighted by atomic mass is 10.1. The molecule has 0 radical (unpaired) electrons. The Morgan fingerprint density at radius 3 is 2.70 bits per heavy atom. The van der Waals surface area contributed by atoms with Crippen molar-refractivity contribution in [3.8, 4) is 5.88 Å². The lowest BCUT2D eigenvalue weighted by molar-refractivity contribution is 0.0985. The standard InChI is InChI=1S/C19H15N5O3/c1-2-10-6-5-8-12-14(10)21-18(26)15(12)23-24-19(27)16-20-13-9-4-3-7-11(13)17(25)22-16/h3-9,21,26H,2H2,1H3,(H,20,22,25). The monoisotopic (exact) mass is 361 g/mol. The fourth-order valence-corrected chi connectivity index (χ4v) is 2.98. The molecule has 0 aliphatic carbocycles. The summed E-state index contributed by atoms with van der Waals surface area (Å²) in [4.78, 5) is 33.8. The molecule has 0 fully saturated rings. The first-order valence-electron chi connectivity index (χ1n) is 8.36. The molecule has 8 heteroatoms. The van der Waals surface area contributed by atoms with E-state index >= 15 is 0 Å². The molecule has 27 heavy (non-hydrogen) atoms. The summed E-state index contributed by atoms with van der Waals surface area (Å²) in [5.74, 6) is -1.20. The van der Waals surface area contributed by atoms with Gasteiger partial charge >= 0.3 is 5.91 Å². The zero-order chi connectivity index (χ0) is 19.0. The van der Waals surface area contributed by atoms with Gasteiger partial charge in [0.15, 0.2) is 5.69 Å². The molecule has 0 saturated heterocycles. The van der Waals surface area contributed by atoms with Crippen molar-refractivity contribution in [1.29, 1.82) is 0 Å². The molecule has 0 bridgehead atoms. The minimum absolute atomic E-state index is 0.164. The number of carbonyl (C=O) groups excluding carboxylic acids is 1. The Kier molecular flexibility index (Phi) is 4.00. The highest BCUT2D eigenvalue weighted by Crippen LogP contribution is 2.37. The van der Waals surface area contributed by atoms with Crippen molar-refractivity contribution >= 4 is 33.4 Å². The van der Waals surface area contributed by atoms with Crippen LogP contribution in [0.5, 0.6) is 5.88 Å². The molecule has 0 spiro atoms. The maximum absolute atomic E-state index is 12.3. The van der Waals surface area contributed by atoms with Crippen LogP contribution in [0, 0.1) is 0 Å². The third kappa shape index (κ3) is 2.86. The highest BCUT2D eigenvalue weighted by Gasteiger charge is 2.15. The van der Waals surface area contributed by atoms with Crippen LogP contribution in [0.15, 0.2) is 57.5 Å². The third-order valence-electron chi connectivity index (χ3n) is 4.31. The zero-order valence-electron chi connectivity index (χ0n) is 14.4. The van der Waals surface area contributed by atoms with Gasteiger partial charge in [-0.3, -0.25) is 9.59 Å². The van der Waals surface area contributed by atoms with Gasteiger partial charge in [0.25, 0.3) is 5.56 Å². The summed E-state index contributed by atoms with van der Waals surface area (Å²) in [5.41, 5.74) is 1.88. The number of benzene rings is 2. The van der Waals surface area contributed by atoms with Gasteiger partial charge in [0, 0.05) is 5.39 Å². The largest absolute Gasteiger partial charge is 0.493 e. The number of aromatic nitrogens is 3. The van der Waals surface area contributed by atoms with E-state index in [1.54, 1.807) is 30.3 Å². The van der Waals surface area contributed by atoms with Crippen molar-refractivity contribution in [2.24, 2.45) is 10.2 Å². The van der Waals surface area contributed by atoms with Crippen molar-refractivity contribution in [3.05, 3.63) is 64.2 Å². The Labute approximate surface area is 152 Å². The van der Waals surface area contributed by atoms with Crippen molar-refractivity contribution < 1.29 is 9.90 Å². The number of azo groups is 1. The fraction of sp³-hybridized carbons (Fsp3) is 0.105. The SMILES string of the molecule is CCc1cccc2c(N=NC(=O)c3nc4ccccc4c(=O)[nH]3)c(O)[nH]c12. The number of rotatable bonds is 3. The van der Waals surface area contributed by atoms with Crippen molar-refractivity contribution in [1.82, 2.24) is 15.0 Å². The van der Waals surface area contributed by atoms with Gasteiger partial charge in [-0.1, -0.05) is 37.3 Å². The predicted molar refractivity (Wildman–Crippen MR) is 101 cm³/mol. The number of para-hydroxylation sites is 2. The molecule has 2 heterocycles. The minimum Gasteiger partial charge on any atom is -0.493 e. The number of aromatic amines is 2. The zero-order valence-corrected chi connectivity index (χ0v) is 14.4. The predicted octanol–water partition coefficient (Wildman–Crippen LogP) is 3.60. The number of amides is 1. The number of fused-ring (bicyclic) bond motifs is 2. The summed E-state index contributed by atoms with van der Waals surface area (Å²) in [5, 5.41) is 18.7. The van der Waals surface area contributed by atoms with Crippen LogP contribution in [0.3, 0.4) is 0 Å². The third-order valence-corrected chi connectivity index (χ3v) is 4.31. The van der Waals surface area contributed by atoms with E-state index in [2.05, 4.69) is 25.2 Å². The molecule has 2 aromatic heterocycles. The molecule has 0 aliphatic heterocycles. The maximum atomic E-state index is 12.3. The molecule has 4 rings (SSSR count). The van der Waals surface area contributed by atoms with Crippen molar-refractivity contribution in [2.75, 3.05) is 0 Å². The lowest BCUT2D eigenvalue weighted by Gasteiger charge is -1.99. The summed E-state index contributed by atoms with van der Waals surface area (Å²) in [6.45, 7) is 2.00. The van der Waals surface area contributed by atoms with Gasteiger partial charge in [0.05, 0.1) is 16.4 Å². The van der Waals surface area contributed by atoms with Crippen LogP contribution in [0.4, 0.5) is 5.69 Å². The van der Waals surface area contributed by atoms with E-state index in [4.69, 9.17) is 0 Å². The van der Waals surface area contributed by atoms with Crippen LogP contribution in [0.2, 0.25) is 0 Å². The Bertz CT molecular complexity index is 1270. The molecular weight excluding hydrogens is 346 g/mol. The molecule has 134 valence electrons. The van der Waals surface area contributed by atoms with Crippen LogP contribution in [0.1, 0.15) is 23.1 Å². The molecule has 0 saturated carbocycles. The van der Waals surface area contributed by atoms with E-state index < -0.39 is 11.5 Å². The number of H-pyrrole nitrogens is 2. The molecule has 8 nitrogen and oxygen atoms in total. The first-order valence-corrected chi connectivity index (χ1v) is 8.36. The van der Waals surface area contributed by atoms with Crippen LogP contribution < -0.4 is 5.56 Å². The molecule has 4 aromatic rings. The molecule has 1 amide bonds. The Morgan fingerprint density at radius 2 is 1.89 bits per heavy atom. The van der Waals surface area contributed by atoms with E-state index in [0.717, 1.165) is 17.5 Å².